The lowest BCUT2D eigenvalue weighted by atomic mass is 9.59. The summed E-state index contributed by atoms with van der Waals surface area (Å²) in [6.07, 6.45) is 1.37. The first-order valence-electron chi connectivity index (χ1n) is 4.22. The topological polar surface area (TPSA) is 26.0 Å². The fourth-order valence-corrected chi connectivity index (χ4v) is 2.71. The van der Waals surface area contributed by atoms with Crippen molar-refractivity contribution in [3.8, 4) is 0 Å². The molecule has 60 valence electrons. The van der Waals surface area contributed by atoms with E-state index < -0.39 is 0 Å². The second-order valence-corrected chi connectivity index (χ2v) is 4.54. The van der Waals surface area contributed by atoms with Crippen molar-refractivity contribution < 1.29 is 0 Å². The highest BCUT2D eigenvalue weighted by Crippen LogP contribution is 2.44. The second-order valence-electron chi connectivity index (χ2n) is 4.54. The van der Waals surface area contributed by atoms with Gasteiger partial charge in [0.1, 0.15) is 0 Å². The van der Waals surface area contributed by atoms with Gasteiger partial charge in [-0.3, -0.25) is 0 Å². The molecule has 1 aliphatic carbocycles. The molecule has 1 nitrogen and oxygen atoms in total. The lowest BCUT2D eigenvalue weighted by Crippen LogP contribution is -2.52. The first kappa shape index (κ1) is 8.06. The van der Waals surface area contributed by atoms with E-state index in [0.29, 0.717) is 0 Å². The van der Waals surface area contributed by atoms with E-state index in [1.807, 2.05) is 0 Å². The van der Waals surface area contributed by atoms with E-state index in [4.69, 9.17) is 5.73 Å². The van der Waals surface area contributed by atoms with Crippen molar-refractivity contribution in [3.63, 3.8) is 0 Å². The van der Waals surface area contributed by atoms with E-state index in [-0.39, 0.29) is 5.54 Å². The Balaban J connectivity index is 2.55. The van der Waals surface area contributed by atoms with E-state index >= 15 is 0 Å². The maximum absolute atomic E-state index is 6.02. The Hall–Kier alpha value is -0.0400. The van der Waals surface area contributed by atoms with Crippen molar-refractivity contribution in [2.24, 2.45) is 23.5 Å². The third-order valence-electron chi connectivity index (χ3n) is 2.83. The van der Waals surface area contributed by atoms with Gasteiger partial charge in [-0.2, -0.15) is 0 Å². The van der Waals surface area contributed by atoms with Gasteiger partial charge in [0, 0.05) is 5.54 Å². The molecule has 0 aromatic rings. The van der Waals surface area contributed by atoms with Gasteiger partial charge in [-0.1, -0.05) is 13.8 Å². The summed E-state index contributed by atoms with van der Waals surface area (Å²) in [5, 5.41) is 0. The fourth-order valence-electron chi connectivity index (χ4n) is 2.71. The standard InChI is InChI=1S/C9H19N/c1-6-5-7(2)8(6)9(3,4)10/h6-8H,5,10H2,1-4H3. The van der Waals surface area contributed by atoms with E-state index in [1.165, 1.54) is 6.42 Å². The molecule has 1 rings (SSSR count). The summed E-state index contributed by atoms with van der Waals surface area (Å²) in [7, 11) is 0. The van der Waals surface area contributed by atoms with Crippen LogP contribution in [0.3, 0.4) is 0 Å². The largest absolute Gasteiger partial charge is 0.325 e. The quantitative estimate of drug-likeness (QED) is 0.594. The molecule has 2 N–H and O–H groups in total. The van der Waals surface area contributed by atoms with Gasteiger partial charge >= 0.3 is 0 Å². The third-order valence-corrected chi connectivity index (χ3v) is 2.83. The molecular formula is C9H19N. The van der Waals surface area contributed by atoms with Crippen LogP contribution in [-0.4, -0.2) is 5.54 Å². The highest BCUT2D eigenvalue weighted by atomic mass is 14.8. The summed E-state index contributed by atoms with van der Waals surface area (Å²) >= 11 is 0. The maximum atomic E-state index is 6.02. The lowest BCUT2D eigenvalue weighted by Gasteiger charge is -2.48. The van der Waals surface area contributed by atoms with Crippen molar-refractivity contribution in [2.45, 2.75) is 39.7 Å². The summed E-state index contributed by atoms with van der Waals surface area (Å²) in [6.45, 7) is 8.90. The van der Waals surface area contributed by atoms with Gasteiger partial charge in [-0.15, -0.1) is 0 Å². The van der Waals surface area contributed by atoms with Crippen LogP contribution in [0.2, 0.25) is 0 Å². The third kappa shape index (κ3) is 1.20. The lowest BCUT2D eigenvalue weighted by molar-refractivity contribution is 0.0393. The molecule has 0 saturated heterocycles. The number of rotatable bonds is 1. The summed E-state index contributed by atoms with van der Waals surface area (Å²) in [5.41, 5.74) is 6.06. The molecule has 2 atom stereocenters. The van der Waals surface area contributed by atoms with E-state index in [2.05, 4.69) is 27.7 Å². The fraction of sp³-hybridized carbons (Fsp3) is 1.00. The van der Waals surface area contributed by atoms with E-state index in [0.717, 1.165) is 17.8 Å². The first-order valence-corrected chi connectivity index (χ1v) is 4.22. The van der Waals surface area contributed by atoms with Crippen molar-refractivity contribution in [1.82, 2.24) is 0 Å². The van der Waals surface area contributed by atoms with Crippen LogP contribution in [0.4, 0.5) is 0 Å². The maximum Gasteiger partial charge on any atom is 0.0130 e. The number of nitrogens with two attached hydrogens (primary N) is 1. The first-order chi connectivity index (χ1) is 4.43. The van der Waals surface area contributed by atoms with Crippen LogP contribution in [0.5, 0.6) is 0 Å². The van der Waals surface area contributed by atoms with Crippen LogP contribution in [0.15, 0.2) is 0 Å². The van der Waals surface area contributed by atoms with Crippen LogP contribution < -0.4 is 5.73 Å². The predicted molar refractivity (Wildman–Crippen MR) is 44.7 cm³/mol. The molecule has 0 radical (unpaired) electrons. The van der Waals surface area contributed by atoms with Crippen LogP contribution >= 0.6 is 0 Å². The van der Waals surface area contributed by atoms with Crippen molar-refractivity contribution in [1.29, 1.82) is 0 Å². The number of hydrogen-bond donors (Lipinski definition) is 1. The Morgan fingerprint density at radius 3 is 1.70 bits per heavy atom. The van der Waals surface area contributed by atoms with Crippen molar-refractivity contribution >= 4 is 0 Å². The normalized spacial score (nSPS) is 41.1. The minimum Gasteiger partial charge on any atom is -0.325 e. The number of hydrogen-bond acceptors (Lipinski definition) is 1. The van der Waals surface area contributed by atoms with Crippen LogP contribution in [0.1, 0.15) is 34.1 Å². The van der Waals surface area contributed by atoms with Crippen LogP contribution in [0, 0.1) is 17.8 Å². The molecule has 1 heteroatoms. The molecule has 0 aliphatic heterocycles. The summed E-state index contributed by atoms with van der Waals surface area (Å²) in [6, 6.07) is 0. The minimum absolute atomic E-state index is 0.0388. The average Bonchev–Trinajstić information content (AvgIpc) is 1.58. The van der Waals surface area contributed by atoms with E-state index in [1.54, 1.807) is 0 Å². The summed E-state index contributed by atoms with van der Waals surface area (Å²) in [4.78, 5) is 0. The second kappa shape index (κ2) is 2.23. The molecule has 10 heavy (non-hydrogen) atoms. The van der Waals surface area contributed by atoms with Crippen molar-refractivity contribution in [3.05, 3.63) is 0 Å². The van der Waals surface area contributed by atoms with Crippen LogP contribution in [0.25, 0.3) is 0 Å². The molecule has 1 saturated carbocycles. The highest BCUT2D eigenvalue weighted by molar-refractivity contribution is 4.96. The molecule has 0 amide bonds. The van der Waals surface area contributed by atoms with Gasteiger partial charge in [-0.25, -0.2) is 0 Å². The molecule has 0 aromatic heterocycles. The monoisotopic (exact) mass is 141 g/mol. The Kier molecular flexibility index (Phi) is 1.80. The summed E-state index contributed by atoms with van der Waals surface area (Å²) in [5.74, 6) is 2.43. The van der Waals surface area contributed by atoms with Crippen molar-refractivity contribution in [2.75, 3.05) is 0 Å². The molecule has 0 heterocycles. The Bertz CT molecular complexity index is 115. The molecule has 1 fully saturated rings. The molecule has 0 aromatic carbocycles. The molecule has 0 bridgehead atoms. The Morgan fingerprint density at radius 2 is 1.60 bits per heavy atom. The van der Waals surface area contributed by atoms with Gasteiger partial charge in [0.25, 0.3) is 0 Å². The van der Waals surface area contributed by atoms with Gasteiger partial charge in [0.2, 0.25) is 0 Å². The van der Waals surface area contributed by atoms with Gasteiger partial charge < -0.3 is 5.73 Å². The SMILES string of the molecule is CC1CC(C)C1C(C)(C)N. The zero-order valence-corrected chi connectivity index (χ0v) is 7.52. The van der Waals surface area contributed by atoms with Gasteiger partial charge in [-0.05, 0) is 38.0 Å². The molecular weight excluding hydrogens is 122 g/mol. The Labute approximate surface area is 64.0 Å². The van der Waals surface area contributed by atoms with Gasteiger partial charge in [0.15, 0.2) is 0 Å². The zero-order valence-electron chi connectivity index (χ0n) is 7.52. The van der Waals surface area contributed by atoms with Crippen LogP contribution in [-0.2, 0) is 0 Å². The molecule has 1 aliphatic rings. The minimum atomic E-state index is 0.0388. The van der Waals surface area contributed by atoms with Gasteiger partial charge in [0.05, 0.1) is 0 Å². The highest BCUT2D eigenvalue weighted by Gasteiger charge is 2.42. The van der Waals surface area contributed by atoms with E-state index in [9.17, 15) is 0 Å². The molecule has 0 spiro atoms. The summed E-state index contributed by atoms with van der Waals surface area (Å²) < 4.78 is 0. The average molecular weight is 141 g/mol. The Morgan fingerprint density at radius 1 is 1.20 bits per heavy atom. The smallest absolute Gasteiger partial charge is 0.0130 e. The molecule has 2 unspecified atom stereocenters. The predicted octanol–water partition coefficient (Wildman–Crippen LogP) is 2.02. The zero-order chi connectivity index (χ0) is 7.94.